The number of anilines is 1. The van der Waals surface area contributed by atoms with Gasteiger partial charge in [0, 0.05) is 5.69 Å². The van der Waals surface area contributed by atoms with Crippen LogP contribution in [0, 0.1) is 0 Å². The van der Waals surface area contributed by atoms with E-state index in [-0.39, 0.29) is 11.4 Å². The maximum absolute atomic E-state index is 12.4. The molecule has 0 fully saturated rings. The summed E-state index contributed by atoms with van der Waals surface area (Å²) in [5, 5.41) is 0. The third-order valence-corrected chi connectivity index (χ3v) is 6.16. The van der Waals surface area contributed by atoms with Gasteiger partial charge in [-0.1, -0.05) is 50.3 Å². The molecule has 158 valence electrons. The maximum Gasteiger partial charge on any atom is 0.343 e. The molecule has 0 saturated heterocycles. The SMILES string of the molecule is CC(=Cc1ccc(C(=O)Oc2ccc(N)cc2)cc1)c1ccc2c(c1)C(C)(C)CCC2. The monoisotopic (exact) mass is 411 g/mol. The summed E-state index contributed by atoms with van der Waals surface area (Å²) in [6.07, 6.45) is 5.84. The third kappa shape index (κ3) is 4.72. The number of nitrogens with two attached hydrogens (primary N) is 1. The van der Waals surface area contributed by atoms with Crippen LogP contribution in [-0.4, -0.2) is 5.97 Å². The van der Waals surface area contributed by atoms with Gasteiger partial charge in [0.05, 0.1) is 5.56 Å². The Morgan fingerprint density at radius 3 is 2.35 bits per heavy atom. The number of carbonyl (C=O) groups excluding carboxylic acids is 1. The van der Waals surface area contributed by atoms with Crippen molar-refractivity contribution < 1.29 is 9.53 Å². The van der Waals surface area contributed by atoms with Crippen molar-refractivity contribution in [3.8, 4) is 5.75 Å². The van der Waals surface area contributed by atoms with Gasteiger partial charge in [-0.2, -0.15) is 0 Å². The van der Waals surface area contributed by atoms with Crippen LogP contribution in [0.3, 0.4) is 0 Å². The van der Waals surface area contributed by atoms with Crippen LogP contribution in [0.2, 0.25) is 0 Å². The first-order valence-electron chi connectivity index (χ1n) is 10.8. The number of ether oxygens (including phenoxy) is 1. The van der Waals surface area contributed by atoms with Gasteiger partial charge in [0.25, 0.3) is 0 Å². The smallest absolute Gasteiger partial charge is 0.343 e. The van der Waals surface area contributed by atoms with Crippen molar-refractivity contribution in [1.29, 1.82) is 0 Å². The van der Waals surface area contributed by atoms with Crippen LogP contribution in [0.25, 0.3) is 11.6 Å². The van der Waals surface area contributed by atoms with E-state index in [9.17, 15) is 4.79 Å². The quantitative estimate of drug-likeness (QED) is 0.226. The summed E-state index contributed by atoms with van der Waals surface area (Å²) in [5.74, 6) is 0.100. The molecule has 31 heavy (non-hydrogen) atoms. The number of nitrogen functional groups attached to an aromatic ring is 1. The highest BCUT2D eigenvalue weighted by Gasteiger charge is 2.27. The molecule has 4 rings (SSSR count). The number of aryl methyl sites for hydroxylation is 1. The molecule has 0 radical (unpaired) electrons. The van der Waals surface area contributed by atoms with E-state index in [0.717, 1.165) is 5.56 Å². The molecule has 0 unspecified atom stereocenters. The third-order valence-electron chi connectivity index (χ3n) is 6.16. The molecule has 0 amide bonds. The molecular formula is C28H29NO2. The highest BCUT2D eigenvalue weighted by Crippen LogP contribution is 2.38. The van der Waals surface area contributed by atoms with Crippen molar-refractivity contribution in [2.24, 2.45) is 0 Å². The molecule has 0 atom stereocenters. The maximum atomic E-state index is 12.4. The largest absolute Gasteiger partial charge is 0.423 e. The first-order chi connectivity index (χ1) is 14.8. The number of benzene rings is 3. The molecule has 0 aromatic heterocycles. The molecule has 0 saturated carbocycles. The van der Waals surface area contributed by atoms with Gasteiger partial charge in [-0.05, 0) is 95.8 Å². The molecule has 3 aromatic carbocycles. The molecule has 3 aromatic rings. The van der Waals surface area contributed by atoms with Gasteiger partial charge in [0.15, 0.2) is 0 Å². The van der Waals surface area contributed by atoms with Gasteiger partial charge in [-0.25, -0.2) is 4.79 Å². The Hall–Kier alpha value is -3.33. The van der Waals surface area contributed by atoms with Crippen LogP contribution in [0.5, 0.6) is 5.75 Å². The zero-order valence-corrected chi connectivity index (χ0v) is 18.4. The van der Waals surface area contributed by atoms with Crippen molar-refractivity contribution in [2.45, 2.75) is 45.4 Å². The number of fused-ring (bicyclic) bond motifs is 1. The second-order valence-corrected chi connectivity index (χ2v) is 9.02. The second-order valence-electron chi connectivity index (χ2n) is 9.02. The standard InChI is InChI=1S/C28H29NO2/c1-19(23-11-10-21-5-4-16-28(2,3)26(21)18-23)17-20-6-8-22(9-7-20)27(30)31-25-14-12-24(29)13-15-25/h6-15,17-18H,4-5,16,29H2,1-3H3. The van der Waals surface area contributed by atoms with Gasteiger partial charge in [0.1, 0.15) is 5.75 Å². The van der Waals surface area contributed by atoms with Crippen molar-refractivity contribution in [1.82, 2.24) is 0 Å². The van der Waals surface area contributed by atoms with E-state index in [1.807, 2.05) is 12.1 Å². The number of carbonyl (C=O) groups is 1. The number of allylic oxidation sites excluding steroid dienone is 1. The van der Waals surface area contributed by atoms with E-state index < -0.39 is 0 Å². The van der Waals surface area contributed by atoms with Gasteiger partial charge >= 0.3 is 5.97 Å². The average molecular weight is 412 g/mol. The van der Waals surface area contributed by atoms with E-state index in [2.05, 4.69) is 45.0 Å². The summed E-state index contributed by atoms with van der Waals surface area (Å²) in [6, 6.07) is 21.2. The minimum atomic E-state index is -0.381. The number of rotatable bonds is 4. The fourth-order valence-corrected chi connectivity index (χ4v) is 4.28. The lowest BCUT2D eigenvalue weighted by molar-refractivity contribution is 0.0735. The van der Waals surface area contributed by atoms with Crippen LogP contribution in [-0.2, 0) is 11.8 Å². The molecule has 3 heteroatoms. The Bertz CT molecular complexity index is 1120. The van der Waals surface area contributed by atoms with E-state index >= 15 is 0 Å². The number of esters is 1. The minimum absolute atomic E-state index is 0.232. The van der Waals surface area contributed by atoms with E-state index in [1.165, 1.54) is 41.5 Å². The van der Waals surface area contributed by atoms with Crippen molar-refractivity contribution in [3.63, 3.8) is 0 Å². The fourth-order valence-electron chi connectivity index (χ4n) is 4.28. The molecular weight excluding hydrogens is 382 g/mol. The van der Waals surface area contributed by atoms with E-state index in [1.54, 1.807) is 36.4 Å². The number of hydrogen-bond donors (Lipinski definition) is 1. The van der Waals surface area contributed by atoms with Crippen LogP contribution in [0.1, 0.15) is 66.2 Å². The van der Waals surface area contributed by atoms with Crippen molar-refractivity contribution >= 4 is 23.3 Å². The summed E-state index contributed by atoms with van der Waals surface area (Å²) in [5.41, 5.74) is 13.5. The zero-order chi connectivity index (χ0) is 22.0. The Kier molecular flexibility index (Phi) is 5.69. The second kappa shape index (κ2) is 8.43. The topological polar surface area (TPSA) is 52.3 Å². The van der Waals surface area contributed by atoms with Gasteiger partial charge in [-0.3, -0.25) is 0 Å². The summed E-state index contributed by atoms with van der Waals surface area (Å²) in [7, 11) is 0. The molecule has 0 bridgehead atoms. The molecule has 1 aliphatic carbocycles. The lowest BCUT2D eigenvalue weighted by Gasteiger charge is -2.33. The summed E-state index contributed by atoms with van der Waals surface area (Å²) in [6.45, 7) is 6.83. The van der Waals surface area contributed by atoms with Gasteiger partial charge < -0.3 is 10.5 Å². The van der Waals surface area contributed by atoms with Crippen molar-refractivity contribution in [3.05, 3.63) is 94.5 Å². The van der Waals surface area contributed by atoms with Gasteiger partial charge in [-0.15, -0.1) is 0 Å². The summed E-state index contributed by atoms with van der Waals surface area (Å²) < 4.78 is 5.41. The molecule has 2 N–H and O–H groups in total. The molecule has 0 heterocycles. The fraction of sp³-hybridized carbons (Fsp3) is 0.250. The lowest BCUT2D eigenvalue weighted by atomic mass is 9.72. The van der Waals surface area contributed by atoms with Crippen LogP contribution in [0.15, 0.2) is 66.7 Å². The predicted molar refractivity (Wildman–Crippen MR) is 128 cm³/mol. The van der Waals surface area contributed by atoms with E-state index in [4.69, 9.17) is 10.5 Å². The first kappa shape index (κ1) is 20.9. The molecule has 0 aliphatic heterocycles. The van der Waals surface area contributed by atoms with Gasteiger partial charge in [0.2, 0.25) is 0 Å². The molecule has 1 aliphatic rings. The van der Waals surface area contributed by atoms with Crippen LogP contribution < -0.4 is 10.5 Å². The Balaban J connectivity index is 1.50. The zero-order valence-electron chi connectivity index (χ0n) is 18.4. The summed E-state index contributed by atoms with van der Waals surface area (Å²) >= 11 is 0. The minimum Gasteiger partial charge on any atom is -0.423 e. The lowest BCUT2D eigenvalue weighted by Crippen LogP contribution is -2.23. The Labute approximate surface area is 184 Å². The highest BCUT2D eigenvalue weighted by atomic mass is 16.5. The molecule has 0 spiro atoms. The Morgan fingerprint density at radius 1 is 0.968 bits per heavy atom. The average Bonchev–Trinajstić information content (AvgIpc) is 2.75. The first-order valence-corrected chi connectivity index (χ1v) is 10.8. The molecule has 3 nitrogen and oxygen atoms in total. The van der Waals surface area contributed by atoms with Crippen LogP contribution >= 0.6 is 0 Å². The summed E-state index contributed by atoms with van der Waals surface area (Å²) in [4.78, 5) is 12.4. The van der Waals surface area contributed by atoms with Crippen LogP contribution in [0.4, 0.5) is 5.69 Å². The Morgan fingerprint density at radius 2 is 1.65 bits per heavy atom. The van der Waals surface area contributed by atoms with Crippen molar-refractivity contribution in [2.75, 3.05) is 5.73 Å². The van der Waals surface area contributed by atoms with E-state index in [0.29, 0.717) is 17.0 Å². The predicted octanol–water partition coefficient (Wildman–Crippen LogP) is 6.66. The normalized spacial score (nSPS) is 15.3. The highest BCUT2D eigenvalue weighted by molar-refractivity contribution is 5.91. The number of hydrogen-bond acceptors (Lipinski definition) is 3.